The van der Waals surface area contributed by atoms with Crippen molar-refractivity contribution in [3.05, 3.63) is 35.9 Å². The van der Waals surface area contributed by atoms with Gasteiger partial charge in [-0.2, -0.15) is 8.42 Å². The molecule has 2 aromatic rings. The van der Waals surface area contributed by atoms with Crippen molar-refractivity contribution in [1.29, 1.82) is 0 Å². The molecule has 1 fully saturated rings. The van der Waals surface area contributed by atoms with Crippen molar-refractivity contribution in [3.8, 4) is 5.75 Å². The molecular formula is C18H22N2O4S. The van der Waals surface area contributed by atoms with E-state index in [0.717, 1.165) is 33.5 Å². The summed E-state index contributed by atoms with van der Waals surface area (Å²) in [5.41, 5.74) is 1.49. The van der Waals surface area contributed by atoms with Crippen molar-refractivity contribution in [2.75, 3.05) is 10.8 Å². The van der Waals surface area contributed by atoms with Crippen LogP contribution in [0.4, 0.5) is 5.69 Å². The number of carbonyl (C=O) groups excluding carboxylic acids is 1. The molecular weight excluding hydrogens is 340 g/mol. The Balaban J connectivity index is 2.00. The molecule has 134 valence electrons. The lowest BCUT2D eigenvalue weighted by atomic mass is 9.88. The van der Waals surface area contributed by atoms with Gasteiger partial charge in [0.1, 0.15) is 12.3 Å². The van der Waals surface area contributed by atoms with Gasteiger partial charge in [0.15, 0.2) is 0 Å². The van der Waals surface area contributed by atoms with Gasteiger partial charge >= 0.3 is 10.2 Å². The minimum atomic E-state index is -3.95. The van der Waals surface area contributed by atoms with Gasteiger partial charge in [-0.1, -0.05) is 39.0 Å². The number of benzene rings is 2. The number of anilines is 1. The number of aryl methyl sites for hydroxylation is 1. The number of amides is 1. The van der Waals surface area contributed by atoms with Gasteiger partial charge in [-0.05, 0) is 46.7 Å². The van der Waals surface area contributed by atoms with Crippen molar-refractivity contribution in [1.82, 2.24) is 4.72 Å². The first-order valence-corrected chi connectivity index (χ1v) is 9.58. The van der Waals surface area contributed by atoms with Crippen molar-refractivity contribution in [3.63, 3.8) is 0 Å². The molecule has 3 rings (SSSR count). The van der Waals surface area contributed by atoms with Crippen LogP contribution in [0.1, 0.15) is 32.8 Å². The summed E-state index contributed by atoms with van der Waals surface area (Å²) < 4.78 is 26.9. The number of phenolic OH excluding ortho intramolecular Hbond substituents is 1. The number of nitrogens with one attached hydrogen (secondary N) is 1. The molecule has 2 aromatic carbocycles. The molecule has 0 atom stereocenters. The topological polar surface area (TPSA) is 86.7 Å². The molecule has 1 aliphatic heterocycles. The molecule has 25 heavy (non-hydrogen) atoms. The van der Waals surface area contributed by atoms with Crippen LogP contribution >= 0.6 is 0 Å². The van der Waals surface area contributed by atoms with E-state index >= 15 is 0 Å². The van der Waals surface area contributed by atoms with Gasteiger partial charge in [0.25, 0.3) is 5.91 Å². The Morgan fingerprint density at radius 2 is 1.88 bits per heavy atom. The molecule has 0 bridgehead atoms. The number of rotatable bonds is 3. The summed E-state index contributed by atoms with van der Waals surface area (Å²) in [6, 6.07) is 9.07. The highest BCUT2D eigenvalue weighted by atomic mass is 32.2. The van der Waals surface area contributed by atoms with Crippen molar-refractivity contribution >= 4 is 32.6 Å². The molecule has 1 heterocycles. The molecule has 7 heteroatoms. The normalized spacial score (nSPS) is 17.1. The molecule has 1 saturated heterocycles. The van der Waals surface area contributed by atoms with Gasteiger partial charge in [0.2, 0.25) is 0 Å². The van der Waals surface area contributed by atoms with Crippen molar-refractivity contribution in [2.45, 2.75) is 33.6 Å². The average molecular weight is 362 g/mol. The molecule has 0 unspecified atom stereocenters. The van der Waals surface area contributed by atoms with E-state index in [9.17, 15) is 18.3 Å². The fourth-order valence-electron chi connectivity index (χ4n) is 2.86. The first-order chi connectivity index (χ1) is 11.5. The van der Waals surface area contributed by atoms with E-state index in [0.29, 0.717) is 0 Å². The van der Waals surface area contributed by atoms with E-state index in [1.165, 1.54) is 6.07 Å². The number of nitrogens with zero attached hydrogens (tertiary/aromatic N) is 1. The van der Waals surface area contributed by atoms with Crippen LogP contribution in [-0.2, 0) is 21.4 Å². The van der Waals surface area contributed by atoms with Crippen molar-refractivity contribution in [2.24, 2.45) is 5.41 Å². The van der Waals surface area contributed by atoms with E-state index in [1.807, 2.05) is 22.9 Å². The van der Waals surface area contributed by atoms with E-state index in [-0.39, 0.29) is 23.4 Å². The van der Waals surface area contributed by atoms with Crippen LogP contribution in [0.5, 0.6) is 5.75 Å². The Hall–Kier alpha value is -2.28. The second-order valence-corrected chi connectivity index (χ2v) is 9.22. The first-order valence-electron chi connectivity index (χ1n) is 8.14. The fraction of sp³-hybridized carbons (Fsp3) is 0.389. The molecule has 0 radical (unpaired) electrons. The lowest BCUT2D eigenvalue weighted by molar-refractivity contribution is -0.117. The zero-order chi connectivity index (χ0) is 18.4. The van der Waals surface area contributed by atoms with Crippen LogP contribution in [0.2, 0.25) is 0 Å². The molecule has 1 amide bonds. The van der Waals surface area contributed by atoms with Gasteiger partial charge < -0.3 is 5.11 Å². The Labute approximate surface area is 147 Å². The third-order valence-electron chi connectivity index (χ3n) is 4.25. The molecule has 0 aliphatic carbocycles. The van der Waals surface area contributed by atoms with Crippen molar-refractivity contribution < 1.29 is 18.3 Å². The first kappa shape index (κ1) is 17.5. The highest BCUT2D eigenvalue weighted by molar-refractivity contribution is 7.92. The van der Waals surface area contributed by atoms with Gasteiger partial charge in [-0.15, -0.1) is 0 Å². The second kappa shape index (κ2) is 5.91. The van der Waals surface area contributed by atoms with Crippen LogP contribution in [0.3, 0.4) is 0 Å². The third-order valence-corrected chi connectivity index (χ3v) is 5.64. The maximum atomic E-state index is 12.0. The summed E-state index contributed by atoms with van der Waals surface area (Å²) >= 11 is 0. The Kier molecular flexibility index (Phi) is 4.15. The summed E-state index contributed by atoms with van der Waals surface area (Å²) in [6.07, 6.45) is 1.94. The molecule has 1 aliphatic rings. The molecule has 0 spiro atoms. The van der Waals surface area contributed by atoms with Crippen LogP contribution in [-0.4, -0.2) is 26.0 Å². The summed E-state index contributed by atoms with van der Waals surface area (Å²) in [5, 5.41) is 11.9. The number of phenols is 1. The largest absolute Gasteiger partial charge is 0.506 e. The van der Waals surface area contributed by atoms with Crippen LogP contribution < -0.4 is 9.03 Å². The maximum absolute atomic E-state index is 12.0. The smallest absolute Gasteiger partial charge is 0.326 e. The standard InChI is InChI=1S/C18H22N2O4S/c1-18(2,3)7-6-12-4-5-13-10-16(21)15(9-14(13)8-12)20-11-17(22)19-25(20,23)24/h4-5,8-10,21H,6-7,11H2,1-3H3,(H,19,22). The highest BCUT2D eigenvalue weighted by Gasteiger charge is 2.35. The predicted molar refractivity (Wildman–Crippen MR) is 97.8 cm³/mol. The van der Waals surface area contributed by atoms with Gasteiger partial charge in [-0.3, -0.25) is 4.79 Å². The Bertz CT molecular complexity index is 945. The Morgan fingerprint density at radius 3 is 2.48 bits per heavy atom. The summed E-state index contributed by atoms with van der Waals surface area (Å²) in [5.74, 6) is -0.784. The number of hydrogen-bond acceptors (Lipinski definition) is 4. The van der Waals surface area contributed by atoms with Gasteiger partial charge in [0, 0.05) is 0 Å². The monoisotopic (exact) mass is 362 g/mol. The quantitative estimate of drug-likeness (QED) is 0.879. The molecule has 6 nitrogen and oxygen atoms in total. The summed E-state index contributed by atoms with van der Waals surface area (Å²) in [7, 11) is -3.95. The minimum Gasteiger partial charge on any atom is -0.506 e. The van der Waals surface area contributed by atoms with Gasteiger partial charge in [0.05, 0.1) is 5.69 Å². The van der Waals surface area contributed by atoms with E-state index in [2.05, 4.69) is 20.8 Å². The number of fused-ring (bicyclic) bond motifs is 1. The zero-order valence-electron chi connectivity index (χ0n) is 14.5. The third kappa shape index (κ3) is 3.71. The van der Waals surface area contributed by atoms with Crippen LogP contribution in [0, 0.1) is 5.41 Å². The lowest BCUT2D eigenvalue weighted by Crippen LogP contribution is -2.29. The molecule has 0 saturated carbocycles. The lowest BCUT2D eigenvalue weighted by Gasteiger charge is -2.19. The maximum Gasteiger partial charge on any atom is 0.326 e. The van der Waals surface area contributed by atoms with Gasteiger partial charge in [-0.25, -0.2) is 9.03 Å². The predicted octanol–water partition coefficient (Wildman–Crippen LogP) is 2.71. The molecule has 2 N–H and O–H groups in total. The van der Waals surface area contributed by atoms with E-state index < -0.39 is 16.1 Å². The average Bonchev–Trinajstić information content (AvgIpc) is 2.76. The van der Waals surface area contributed by atoms with E-state index in [4.69, 9.17) is 0 Å². The molecule has 0 aromatic heterocycles. The summed E-state index contributed by atoms with van der Waals surface area (Å²) in [4.78, 5) is 11.4. The SMILES string of the molecule is CC(C)(C)CCc1ccc2cc(O)c(N3CC(=O)NS3(=O)=O)cc2c1. The fourth-order valence-corrected chi connectivity index (χ4v) is 4.01. The summed E-state index contributed by atoms with van der Waals surface area (Å²) in [6.45, 7) is 6.23. The number of aromatic hydroxyl groups is 1. The number of hydrogen-bond donors (Lipinski definition) is 2. The number of carbonyl (C=O) groups is 1. The zero-order valence-corrected chi connectivity index (χ0v) is 15.4. The Morgan fingerprint density at radius 1 is 1.16 bits per heavy atom. The minimum absolute atomic E-state index is 0.110. The van der Waals surface area contributed by atoms with Crippen LogP contribution in [0.15, 0.2) is 30.3 Å². The van der Waals surface area contributed by atoms with E-state index in [1.54, 1.807) is 6.07 Å². The van der Waals surface area contributed by atoms with Crippen LogP contribution in [0.25, 0.3) is 10.8 Å². The second-order valence-electron chi connectivity index (χ2n) is 7.62. The highest BCUT2D eigenvalue weighted by Crippen LogP contribution is 2.35.